The maximum atomic E-state index is 14.8. The van der Waals surface area contributed by atoms with Crippen molar-refractivity contribution >= 4 is 0 Å². The normalized spacial score (nSPS) is 43.2. The first-order chi connectivity index (χ1) is 12.8. The van der Waals surface area contributed by atoms with Crippen molar-refractivity contribution in [1.82, 2.24) is 0 Å². The Morgan fingerprint density at radius 1 is 0.333 bits per heavy atom. The number of hydrogen-bond donors (Lipinski definition) is 0. The van der Waals surface area contributed by atoms with Gasteiger partial charge >= 0.3 is 24.7 Å². The van der Waals surface area contributed by atoms with Crippen LogP contribution in [0, 0.1) is 21.7 Å². The molecule has 0 saturated heterocycles. The zero-order chi connectivity index (χ0) is 23.8. The molecular weight excluding hydrogens is 472 g/mol. The zero-order valence-corrected chi connectivity index (χ0v) is 13.9. The molecule has 0 unspecified atom stereocenters. The van der Waals surface area contributed by atoms with Gasteiger partial charge in [0, 0.05) is 0 Å². The largest absolute Gasteiger partial charge is 0.400 e. The zero-order valence-electron chi connectivity index (χ0n) is 13.9. The second-order valence-electron chi connectivity index (χ2n) is 8.18. The SMILES string of the molecule is FC(F)(F)C12CC3(C(F)(F)F)CC(C(F)(F)F)(CC(C(F)(F)F)(C1)C3(F)F)C2(F)F. The van der Waals surface area contributed by atoms with Crippen LogP contribution in [0.5, 0.6) is 0 Å². The van der Waals surface area contributed by atoms with E-state index in [0.29, 0.717) is 0 Å². The summed E-state index contributed by atoms with van der Waals surface area (Å²) in [5.74, 6) is -12.5. The third kappa shape index (κ3) is 2.00. The molecule has 4 fully saturated rings. The van der Waals surface area contributed by atoms with E-state index >= 15 is 0 Å². The van der Waals surface area contributed by atoms with Crippen molar-refractivity contribution in [3.05, 3.63) is 0 Å². The molecule has 0 nitrogen and oxygen atoms in total. The van der Waals surface area contributed by atoms with Gasteiger partial charge in [-0.05, 0) is 25.7 Å². The Morgan fingerprint density at radius 2 is 0.467 bits per heavy atom. The summed E-state index contributed by atoms with van der Waals surface area (Å²) in [7, 11) is 0. The fourth-order valence-corrected chi connectivity index (χ4v) is 5.63. The number of alkyl halides is 16. The summed E-state index contributed by atoms with van der Waals surface area (Å²) < 4.78 is 222. The lowest BCUT2D eigenvalue weighted by molar-refractivity contribution is -0.538. The molecule has 0 aliphatic heterocycles. The van der Waals surface area contributed by atoms with Gasteiger partial charge in [0.05, 0.1) is 0 Å². The van der Waals surface area contributed by atoms with Crippen LogP contribution >= 0.6 is 0 Å². The minimum Gasteiger partial charge on any atom is -0.205 e. The molecule has 0 atom stereocenters. The fourth-order valence-electron chi connectivity index (χ4n) is 5.63. The summed E-state index contributed by atoms with van der Waals surface area (Å²) in [4.78, 5) is 0. The summed E-state index contributed by atoms with van der Waals surface area (Å²) in [6.45, 7) is 0. The predicted octanol–water partition coefficient (Wildman–Crippen LogP) is 7.05. The molecule has 4 aliphatic carbocycles. The number of halogens is 16. The molecule has 4 saturated carbocycles. The van der Waals surface area contributed by atoms with Crippen molar-refractivity contribution < 1.29 is 70.2 Å². The molecule has 4 aliphatic rings. The van der Waals surface area contributed by atoms with Gasteiger partial charge in [-0.25, -0.2) is 17.6 Å². The van der Waals surface area contributed by atoms with Crippen LogP contribution in [0.15, 0.2) is 0 Å². The maximum absolute atomic E-state index is 14.8. The van der Waals surface area contributed by atoms with E-state index in [-0.39, 0.29) is 0 Å². The van der Waals surface area contributed by atoms with Crippen molar-refractivity contribution in [3.63, 3.8) is 0 Å². The summed E-state index contributed by atoms with van der Waals surface area (Å²) in [6, 6.07) is 0. The Bertz CT molecular complexity index is 612. The Labute approximate surface area is 155 Å². The fraction of sp³-hybridized carbons (Fsp3) is 1.00. The second-order valence-corrected chi connectivity index (χ2v) is 8.18. The van der Waals surface area contributed by atoms with Gasteiger partial charge in [0.2, 0.25) is 0 Å². The van der Waals surface area contributed by atoms with Crippen LogP contribution in [0.25, 0.3) is 0 Å². The number of rotatable bonds is 0. The third-order valence-electron chi connectivity index (χ3n) is 6.99. The van der Waals surface area contributed by atoms with E-state index in [4.69, 9.17) is 0 Å². The monoisotopic (exact) mass is 480 g/mol. The molecule has 30 heavy (non-hydrogen) atoms. The molecule has 0 aromatic heterocycles. The van der Waals surface area contributed by atoms with Crippen LogP contribution in [0.2, 0.25) is 0 Å². The molecule has 0 spiro atoms. The van der Waals surface area contributed by atoms with Crippen LogP contribution in [0.3, 0.4) is 0 Å². The molecule has 0 amide bonds. The Kier molecular flexibility index (Phi) is 4.00. The quantitative estimate of drug-likeness (QED) is 0.326. The average molecular weight is 480 g/mol. The summed E-state index contributed by atoms with van der Waals surface area (Å²) in [5, 5.41) is 0. The highest BCUT2D eigenvalue weighted by atomic mass is 19.4. The average Bonchev–Trinajstić information content (AvgIpc) is 2.39. The van der Waals surface area contributed by atoms with Crippen LogP contribution in [0.4, 0.5) is 70.2 Å². The van der Waals surface area contributed by atoms with Gasteiger partial charge in [0.1, 0.15) is 21.7 Å². The lowest BCUT2D eigenvalue weighted by atomic mass is 9.31. The van der Waals surface area contributed by atoms with Gasteiger partial charge in [0.15, 0.2) is 0 Å². The molecule has 4 rings (SSSR count). The molecule has 176 valence electrons. The molecule has 16 heteroatoms. The highest BCUT2D eigenvalue weighted by molar-refractivity contribution is 5.34. The molecule has 4 bridgehead atoms. The van der Waals surface area contributed by atoms with E-state index in [1.165, 1.54) is 0 Å². The third-order valence-corrected chi connectivity index (χ3v) is 6.99. The van der Waals surface area contributed by atoms with Crippen LogP contribution < -0.4 is 0 Å². The van der Waals surface area contributed by atoms with Gasteiger partial charge in [-0.2, -0.15) is 52.7 Å². The minimum absolute atomic E-state index is 3.36. The molecule has 0 aromatic carbocycles. The molecular formula is C14H8F16. The summed E-state index contributed by atoms with van der Waals surface area (Å²) >= 11 is 0. The van der Waals surface area contributed by atoms with Gasteiger partial charge in [-0.3, -0.25) is 0 Å². The van der Waals surface area contributed by atoms with Gasteiger partial charge in [0.25, 0.3) is 11.8 Å². The highest BCUT2D eigenvalue weighted by Crippen LogP contribution is 2.90. The Balaban J connectivity index is 2.58. The Hall–Kier alpha value is -1.12. The predicted molar refractivity (Wildman–Crippen MR) is 62.3 cm³/mol. The lowest BCUT2D eigenvalue weighted by Crippen LogP contribution is -2.87. The van der Waals surface area contributed by atoms with Crippen molar-refractivity contribution in [2.24, 2.45) is 21.7 Å². The van der Waals surface area contributed by atoms with Crippen molar-refractivity contribution in [2.45, 2.75) is 62.2 Å². The van der Waals surface area contributed by atoms with Crippen molar-refractivity contribution in [2.75, 3.05) is 0 Å². The van der Waals surface area contributed by atoms with E-state index < -0.39 is 83.9 Å². The van der Waals surface area contributed by atoms with E-state index in [9.17, 15) is 70.2 Å². The van der Waals surface area contributed by atoms with Gasteiger partial charge in [-0.1, -0.05) is 0 Å². The lowest BCUT2D eigenvalue weighted by Gasteiger charge is -2.74. The summed E-state index contributed by atoms with van der Waals surface area (Å²) in [6.07, 6.45) is -40.6. The molecule has 0 N–H and O–H groups in total. The van der Waals surface area contributed by atoms with E-state index in [0.717, 1.165) is 0 Å². The van der Waals surface area contributed by atoms with Gasteiger partial charge in [-0.15, -0.1) is 0 Å². The standard InChI is InChI=1S/C14H8F16/c15-9(16)5(11(19,20)21)1-6(12(22,23)24)3-8(9,14(28,29)30)4-7(2-5,10(6,17)18)13(25,26)27/h1-4H2. The summed E-state index contributed by atoms with van der Waals surface area (Å²) in [5.41, 5.74) is -22.5. The van der Waals surface area contributed by atoms with Crippen LogP contribution in [-0.4, -0.2) is 36.6 Å². The number of hydrogen-bond acceptors (Lipinski definition) is 0. The second kappa shape index (κ2) is 5.09. The van der Waals surface area contributed by atoms with E-state index in [1.807, 2.05) is 0 Å². The van der Waals surface area contributed by atoms with E-state index in [1.54, 1.807) is 0 Å². The highest BCUT2D eigenvalue weighted by Gasteiger charge is 3.02. The first-order valence-corrected chi connectivity index (χ1v) is 7.85. The van der Waals surface area contributed by atoms with Crippen molar-refractivity contribution in [1.29, 1.82) is 0 Å². The molecule has 0 heterocycles. The smallest absolute Gasteiger partial charge is 0.205 e. The minimum atomic E-state index is -6.79. The van der Waals surface area contributed by atoms with Gasteiger partial charge < -0.3 is 0 Å². The first kappa shape index (κ1) is 23.5. The molecule has 0 aromatic rings. The molecule has 0 radical (unpaired) electrons. The maximum Gasteiger partial charge on any atom is 0.400 e. The van der Waals surface area contributed by atoms with Crippen LogP contribution in [-0.2, 0) is 0 Å². The topological polar surface area (TPSA) is 0 Å². The van der Waals surface area contributed by atoms with Crippen molar-refractivity contribution in [3.8, 4) is 0 Å². The van der Waals surface area contributed by atoms with Crippen LogP contribution in [0.1, 0.15) is 25.7 Å². The Morgan fingerprint density at radius 3 is 0.567 bits per heavy atom. The first-order valence-electron chi connectivity index (χ1n) is 7.85. The van der Waals surface area contributed by atoms with E-state index in [2.05, 4.69) is 0 Å².